The molecule has 0 aliphatic rings. The van der Waals surface area contributed by atoms with Crippen molar-refractivity contribution in [1.29, 1.82) is 0 Å². The molecule has 0 N–H and O–H groups in total. The van der Waals surface area contributed by atoms with Gasteiger partial charge in [0.05, 0.1) is 14.2 Å². The van der Waals surface area contributed by atoms with E-state index in [0.29, 0.717) is 0 Å². The molecule has 104 valence electrons. The number of methoxy groups -OCH3 is 2. The Labute approximate surface area is 109 Å². The summed E-state index contributed by atoms with van der Waals surface area (Å²) < 4.78 is 9.39. The Hall–Kier alpha value is -1.32. The first kappa shape index (κ1) is 16.7. The molecule has 0 radical (unpaired) electrons. The number of ether oxygens (including phenoxy) is 2. The van der Waals surface area contributed by atoms with Gasteiger partial charge in [-0.1, -0.05) is 38.8 Å². The van der Waals surface area contributed by atoms with Gasteiger partial charge in [0.15, 0.2) is 5.92 Å². The molecule has 0 aromatic rings. The zero-order valence-corrected chi connectivity index (χ0v) is 11.8. The molecule has 1 atom stereocenters. The smallest absolute Gasteiger partial charge is 0.320 e. The number of unbranched alkanes of at least 4 members (excludes halogenated alkanes) is 1. The van der Waals surface area contributed by atoms with Crippen molar-refractivity contribution < 1.29 is 19.1 Å². The van der Waals surface area contributed by atoms with Gasteiger partial charge in [0.1, 0.15) is 0 Å². The van der Waals surface area contributed by atoms with Crippen LogP contribution >= 0.6 is 0 Å². The molecule has 0 bridgehead atoms. The summed E-state index contributed by atoms with van der Waals surface area (Å²) in [7, 11) is 2.58. The Morgan fingerprint density at radius 3 is 2.00 bits per heavy atom. The van der Waals surface area contributed by atoms with Crippen LogP contribution in [0.3, 0.4) is 0 Å². The molecule has 0 amide bonds. The van der Waals surface area contributed by atoms with E-state index in [4.69, 9.17) is 9.47 Å². The van der Waals surface area contributed by atoms with E-state index >= 15 is 0 Å². The predicted octanol–water partition coefficient (Wildman–Crippen LogP) is 2.72. The van der Waals surface area contributed by atoms with Gasteiger partial charge in [-0.2, -0.15) is 0 Å². The second kappa shape index (κ2) is 9.68. The number of rotatable bonds is 8. The lowest BCUT2D eigenvalue weighted by molar-refractivity contribution is -0.160. The molecule has 0 heterocycles. The summed E-state index contributed by atoms with van der Waals surface area (Å²) in [6.07, 6.45) is 7.58. The van der Waals surface area contributed by atoms with Crippen LogP contribution in [0.15, 0.2) is 12.2 Å². The minimum atomic E-state index is -0.854. The van der Waals surface area contributed by atoms with E-state index in [1.165, 1.54) is 14.2 Å². The Kier molecular flexibility index (Phi) is 8.97. The van der Waals surface area contributed by atoms with Crippen LogP contribution in [0, 0.1) is 11.8 Å². The number of hydrogen-bond acceptors (Lipinski definition) is 4. The fraction of sp³-hybridized carbons (Fsp3) is 0.714. The van der Waals surface area contributed by atoms with Crippen molar-refractivity contribution in [3.63, 3.8) is 0 Å². The van der Waals surface area contributed by atoms with Crippen LogP contribution in [0.5, 0.6) is 0 Å². The van der Waals surface area contributed by atoms with Crippen LogP contribution in [0.25, 0.3) is 0 Å². The zero-order chi connectivity index (χ0) is 14.0. The van der Waals surface area contributed by atoms with Crippen molar-refractivity contribution in [3.05, 3.63) is 12.2 Å². The second-order valence-electron chi connectivity index (χ2n) is 4.19. The molecule has 0 aliphatic carbocycles. The van der Waals surface area contributed by atoms with Crippen LogP contribution in [-0.4, -0.2) is 26.2 Å². The summed E-state index contributed by atoms with van der Waals surface area (Å²) in [6.45, 7) is 4.10. The van der Waals surface area contributed by atoms with Gasteiger partial charge in [0, 0.05) is 5.92 Å². The minimum absolute atomic E-state index is 0.151. The lowest BCUT2D eigenvalue weighted by Crippen LogP contribution is -2.32. The molecular formula is C14H24O4. The molecule has 18 heavy (non-hydrogen) atoms. The third kappa shape index (κ3) is 5.34. The summed E-state index contributed by atoms with van der Waals surface area (Å²) in [5, 5.41) is 0. The number of carbonyl (C=O) groups excluding carboxylic acids is 2. The van der Waals surface area contributed by atoms with Gasteiger partial charge in [-0.05, 0) is 12.8 Å². The lowest BCUT2D eigenvalue weighted by atomic mass is 9.87. The van der Waals surface area contributed by atoms with Gasteiger partial charge in [-0.25, -0.2) is 0 Å². The highest BCUT2D eigenvalue weighted by atomic mass is 16.5. The molecule has 0 aromatic heterocycles. The first-order chi connectivity index (χ1) is 8.62. The highest BCUT2D eigenvalue weighted by Gasteiger charge is 2.34. The van der Waals surface area contributed by atoms with Crippen molar-refractivity contribution >= 4 is 11.9 Å². The molecular weight excluding hydrogens is 232 g/mol. The molecule has 0 fully saturated rings. The molecule has 4 nitrogen and oxygen atoms in total. The van der Waals surface area contributed by atoms with Crippen molar-refractivity contribution in [2.45, 2.75) is 39.5 Å². The van der Waals surface area contributed by atoms with Crippen LogP contribution < -0.4 is 0 Å². The molecule has 0 saturated heterocycles. The molecule has 0 rings (SSSR count). The first-order valence-electron chi connectivity index (χ1n) is 6.44. The molecule has 0 unspecified atom stereocenters. The summed E-state index contributed by atoms with van der Waals surface area (Å²) in [6, 6.07) is 0. The van der Waals surface area contributed by atoms with Gasteiger partial charge in [0.2, 0.25) is 0 Å². The van der Waals surface area contributed by atoms with Crippen molar-refractivity contribution in [1.82, 2.24) is 0 Å². The molecule has 0 saturated carbocycles. The predicted molar refractivity (Wildman–Crippen MR) is 70.0 cm³/mol. The molecule has 4 heteroatoms. The quantitative estimate of drug-likeness (QED) is 0.380. The average Bonchev–Trinajstić information content (AvgIpc) is 2.38. The van der Waals surface area contributed by atoms with E-state index in [2.05, 4.69) is 6.92 Å². The van der Waals surface area contributed by atoms with E-state index in [9.17, 15) is 9.59 Å². The standard InChI is InChI=1S/C14H24O4/c1-5-7-8-10-11(9-6-2)12(13(15)17-3)14(16)18-4/h8,10-12H,5-7,9H2,1-4H3/b10-8+/t11-/m1/s1. The van der Waals surface area contributed by atoms with Crippen molar-refractivity contribution in [3.8, 4) is 0 Å². The highest BCUT2D eigenvalue weighted by Crippen LogP contribution is 2.22. The number of carbonyl (C=O) groups is 2. The number of allylic oxidation sites excluding steroid dienone is 2. The number of hydrogen-bond donors (Lipinski definition) is 0. The van der Waals surface area contributed by atoms with Crippen LogP contribution in [0.1, 0.15) is 39.5 Å². The first-order valence-corrected chi connectivity index (χ1v) is 6.44. The van der Waals surface area contributed by atoms with E-state index in [0.717, 1.165) is 25.7 Å². The average molecular weight is 256 g/mol. The minimum Gasteiger partial charge on any atom is -0.468 e. The van der Waals surface area contributed by atoms with Gasteiger partial charge in [-0.15, -0.1) is 0 Å². The highest BCUT2D eigenvalue weighted by molar-refractivity contribution is 5.95. The summed E-state index contributed by atoms with van der Waals surface area (Å²) >= 11 is 0. The maximum absolute atomic E-state index is 11.7. The van der Waals surface area contributed by atoms with E-state index in [1.54, 1.807) is 0 Å². The Morgan fingerprint density at radius 2 is 1.61 bits per heavy atom. The Morgan fingerprint density at radius 1 is 1.06 bits per heavy atom. The molecule has 0 aromatic carbocycles. The fourth-order valence-electron chi connectivity index (χ4n) is 1.84. The van der Waals surface area contributed by atoms with Crippen LogP contribution in [0.2, 0.25) is 0 Å². The van der Waals surface area contributed by atoms with Gasteiger partial charge in [0.25, 0.3) is 0 Å². The van der Waals surface area contributed by atoms with Crippen molar-refractivity contribution in [2.75, 3.05) is 14.2 Å². The fourth-order valence-corrected chi connectivity index (χ4v) is 1.84. The van der Waals surface area contributed by atoms with E-state index in [1.807, 2.05) is 19.1 Å². The SMILES string of the molecule is CCC/C=C/[C@@H](CCC)C(C(=O)OC)C(=O)OC. The zero-order valence-electron chi connectivity index (χ0n) is 11.8. The normalized spacial score (nSPS) is 12.7. The summed E-state index contributed by atoms with van der Waals surface area (Å²) in [4.78, 5) is 23.4. The second-order valence-corrected chi connectivity index (χ2v) is 4.19. The summed E-state index contributed by atoms with van der Waals surface area (Å²) in [5.41, 5.74) is 0. The third-order valence-electron chi connectivity index (χ3n) is 2.80. The lowest BCUT2D eigenvalue weighted by Gasteiger charge is -2.20. The maximum Gasteiger partial charge on any atom is 0.320 e. The van der Waals surface area contributed by atoms with E-state index < -0.39 is 17.9 Å². The van der Waals surface area contributed by atoms with Gasteiger partial charge >= 0.3 is 11.9 Å². The Balaban J connectivity index is 4.95. The van der Waals surface area contributed by atoms with Crippen molar-refractivity contribution in [2.24, 2.45) is 11.8 Å². The monoisotopic (exact) mass is 256 g/mol. The topological polar surface area (TPSA) is 52.6 Å². The van der Waals surface area contributed by atoms with E-state index in [-0.39, 0.29) is 5.92 Å². The summed E-state index contributed by atoms with van der Waals surface area (Å²) in [5.74, 6) is -2.06. The van der Waals surface area contributed by atoms with Crippen LogP contribution in [0.4, 0.5) is 0 Å². The van der Waals surface area contributed by atoms with Gasteiger partial charge < -0.3 is 9.47 Å². The Bertz CT molecular complexity index is 268. The number of esters is 2. The third-order valence-corrected chi connectivity index (χ3v) is 2.80. The maximum atomic E-state index is 11.7. The van der Waals surface area contributed by atoms with Crippen LogP contribution in [-0.2, 0) is 19.1 Å². The molecule has 0 aliphatic heterocycles. The molecule has 0 spiro atoms. The van der Waals surface area contributed by atoms with Gasteiger partial charge in [-0.3, -0.25) is 9.59 Å². The largest absolute Gasteiger partial charge is 0.468 e.